The third-order valence-corrected chi connectivity index (χ3v) is 3.63. The lowest BCUT2D eigenvalue weighted by atomic mass is 10.1. The van der Waals surface area contributed by atoms with Crippen molar-refractivity contribution >= 4 is 34.0 Å². The Balaban J connectivity index is 2.02. The Morgan fingerprint density at radius 3 is 2.73 bits per heavy atom. The van der Waals surface area contributed by atoms with Crippen LogP contribution in [0.3, 0.4) is 0 Å². The number of para-hydroxylation sites is 1. The fraction of sp³-hybridized carbons (Fsp3) is 0.118. The van der Waals surface area contributed by atoms with Crippen LogP contribution in [-0.2, 0) is 0 Å². The van der Waals surface area contributed by atoms with Gasteiger partial charge in [0.15, 0.2) is 5.76 Å². The van der Waals surface area contributed by atoms with Crippen molar-refractivity contribution in [2.24, 2.45) is 0 Å². The first kappa shape index (κ1) is 14.5. The molecule has 3 aromatic rings. The first-order valence-electron chi connectivity index (χ1n) is 6.86. The number of carbonyl (C=O) groups excluding carboxylic acids is 1. The summed E-state index contributed by atoms with van der Waals surface area (Å²) in [7, 11) is 0. The van der Waals surface area contributed by atoms with Gasteiger partial charge in [-0.05, 0) is 37.3 Å². The van der Waals surface area contributed by atoms with Gasteiger partial charge in [-0.1, -0.05) is 23.7 Å². The molecular formula is C17H14ClNO3. The van der Waals surface area contributed by atoms with E-state index in [9.17, 15) is 4.79 Å². The van der Waals surface area contributed by atoms with Crippen molar-refractivity contribution in [2.75, 3.05) is 12.3 Å². The highest BCUT2D eigenvalue weighted by Gasteiger charge is 2.20. The minimum absolute atomic E-state index is 0.126. The van der Waals surface area contributed by atoms with E-state index in [1.54, 1.807) is 24.3 Å². The summed E-state index contributed by atoms with van der Waals surface area (Å²) in [5.74, 6) is 0.360. The van der Waals surface area contributed by atoms with Crippen molar-refractivity contribution in [1.29, 1.82) is 0 Å². The van der Waals surface area contributed by atoms with E-state index in [0.717, 1.165) is 5.39 Å². The molecule has 0 aliphatic carbocycles. The molecule has 0 aliphatic heterocycles. The molecule has 0 unspecified atom stereocenters. The van der Waals surface area contributed by atoms with Crippen LogP contribution in [0.5, 0.6) is 5.75 Å². The molecule has 112 valence electrons. The number of carbonyl (C=O) groups is 1. The summed E-state index contributed by atoms with van der Waals surface area (Å²) in [4.78, 5) is 12.6. The number of furan rings is 1. The molecule has 2 aromatic carbocycles. The predicted molar refractivity (Wildman–Crippen MR) is 86.7 cm³/mol. The van der Waals surface area contributed by atoms with E-state index in [1.807, 2.05) is 25.1 Å². The Bertz CT molecular complexity index is 854. The zero-order valence-corrected chi connectivity index (χ0v) is 12.7. The predicted octanol–water partition coefficient (Wildman–Crippen LogP) is 4.30. The number of halogens is 1. The number of anilines is 1. The van der Waals surface area contributed by atoms with Gasteiger partial charge in [-0.15, -0.1) is 0 Å². The van der Waals surface area contributed by atoms with Crippen LogP contribution in [-0.4, -0.2) is 12.4 Å². The summed E-state index contributed by atoms with van der Waals surface area (Å²) < 4.78 is 10.9. The van der Waals surface area contributed by atoms with Crippen molar-refractivity contribution in [3.63, 3.8) is 0 Å². The van der Waals surface area contributed by atoms with Gasteiger partial charge in [0, 0.05) is 10.9 Å². The van der Waals surface area contributed by atoms with Crippen LogP contribution in [0.25, 0.3) is 11.0 Å². The lowest BCUT2D eigenvalue weighted by molar-refractivity contribution is 0.101. The molecule has 22 heavy (non-hydrogen) atoms. The maximum Gasteiger partial charge on any atom is 0.230 e. The fourth-order valence-corrected chi connectivity index (χ4v) is 2.51. The van der Waals surface area contributed by atoms with Crippen LogP contribution in [0.15, 0.2) is 46.9 Å². The van der Waals surface area contributed by atoms with Crippen LogP contribution < -0.4 is 10.5 Å². The molecule has 0 atom stereocenters. The summed E-state index contributed by atoms with van der Waals surface area (Å²) in [5, 5.41) is 1.10. The van der Waals surface area contributed by atoms with Crippen LogP contribution in [0.1, 0.15) is 23.0 Å². The average Bonchev–Trinajstić information content (AvgIpc) is 2.86. The van der Waals surface area contributed by atoms with E-state index >= 15 is 0 Å². The third kappa shape index (κ3) is 2.42. The molecule has 0 saturated heterocycles. The van der Waals surface area contributed by atoms with Gasteiger partial charge in [0.1, 0.15) is 11.3 Å². The summed E-state index contributed by atoms with van der Waals surface area (Å²) in [6, 6.07) is 12.1. The van der Waals surface area contributed by atoms with Crippen LogP contribution >= 0.6 is 11.6 Å². The third-order valence-electron chi connectivity index (χ3n) is 3.33. The number of benzene rings is 2. The lowest BCUT2D eigenvalue weighted by Crippen LogP contribution is -2.03. The molecule has 0 saturated carbocycles. The van der Waals surface area contributed by atoms with Crippen LogP contribution in [0, 0.1) is 0 Å². The first-order valence-corrected chi connectivity index (χ1v) is 7.23. The van der Waals surface area contributed by atoms with E-state index in [4.69, 9.17) is 26.5 Å². The molecule has 0 bridgehead atoms. The monoisotopic (exact) mass is 315 g/mol. The molecule has 1 heterocycles. The number of hydrogen-bond donors (Lipinski definition) is 1. The smallest absolute Gasteiger partial charge is 0.230 e. The highest BCUT2D eigenvalue weighted by atomic mass is 35.5. The quantitative estimate of drug-likeness (QED) is 0.729. The molecule has 5 heteroatoms. The van der Waals surface area contributed by atoms with Gasteiger partial charge in [-0.25, -0.2) is 0 Å². The number of hydrogen-bond acceptors (Lipinski definition) is 4. The fourth-order valence-electron chi connectivity index (χ4n) is 2.28. The van der Waals surface area contributed by atoms with E-state index < -0.39 is 0 Å². The van der Waals surface area contributed by atoms with Crippen molar-refractivity contribution in [2.45, 2.75) is 6.92 Å². The zero-order valence-electron chi connectivity index (χ0n) is 11.9. The van der Waals surface area contributed by atoms with Gasteiger partial charge in [0.25, 0.3) is 0 Å². The molecule has 0 amide bonds. The minimum atomic E-state index is -0.307. The van der Waals surface area contributed by atoms with Gasteiger partial charge >= 0.3 is 0 Å². The largest absolute Gasteiger partial charge is 0.492 e. The maximum atomic E-state index is 12.6. The number of fused-ring (bicyclic) bond motifs is 1. The molecule has 0 spiro atoms. The van der Waals surface area contributed by atoms with Gasteiger partial charge in [-0.2, -0.15) is 0 Å². The standard InChI is InChI=1S/C17H14ClNO3/c1-2-21-14-8-7-10(9-12(14)18)16(20)17-15(19)11-5-3-4-6-13(11)22-17/h3-9H,2,19H2,1H3. The highest BCUT2D eigenvalue weighted by molar-refractivity contribution is 6.32. The molecule has 0 fully saturated rings. The van der Waals surface area contributed by atoms with Gasteiger partial charge in [-0.3, -0.25) is 4.79 Å². The molecule has 4 nitrogen and oxygen atoms in total. The Labute approximate surface area is 132 Å². The van der Waals surface area contributed by atoms with Gasteiger partial charge in [0.05, 0.1) is 17.3 Å². The number of ether oxygens (including phenoxy) is 1. The molecule has 0 radical (unpaired) electrons. The molecule has 3 rings (SSSR count). The minimum Gasteiger partial charge on any atom is -0.492 e. The van der Waals surface area contributed by atoms with Crippen molar-refractivity contribution in [3.8, 4) is 5.75 Å². The van der Waals surface area contributed by atoms with E-state index in [0.29, 0.717) is 34.2 Å². The second kappa shape index (κ2) is 5.73. The van der Waals surface area contributed by atoms with E-state index in [2.05, 4.69) is 0 Å². The van der Waals surface area contributed by atoms with Crippen LogP contribution in [0.2, 0.25) is 5.02 Å². The Morgan fingerprint density at radius 1 is 1.27 bits per heavy atom. The Kier molecular flexibility index (Phi) is 3.77. The summed E-state index contributed by atoms with van der Waals surface area (Å²) in [6.07, 6.45) is 0. The SMILES string of the molecule is CCOc1ccc(C(=O)c2oc3ccccc3c2N)cc1Cl. The lowest BCUT2D eigenvalue weighted by Gasteiger charge is -2.06. The van der Waals surface area contributed by atoms with Crippen LogP contribution in [0.4, 0.5) is 5.69 Å². The second-order valence-corrected chi connectivity index (χ2v) is 5.16. The Hall–Kier alpha value is -2.46. The average molecular weight is 316 g/mol. The number of ketones is 1. The van der Waals surface area contributed by atoms with Crippen molar-refractivity contribution in [1.82, 2.24) is 0 Å². The first-order chi connectivity index (χ1) is 10.6. The molecule has 1 aromatic heterocycles. The highest BCUT2D eigenvalue weighted by Crippen LogP contribution is 2.31. The number of nitrogen functional groups attached to an aromatic ring is 1. The van der Waals surface area contributed by atoms with Crippen molar-refractivity contribution in [3.05, 3.63) is 58.8 Å². The maximum absolute atomic E-state index is 12.6. The topological polar surface area (TPSA) is 65.5 Å². The summed E-state index contributed by atoms with van der Waals surface area (Å²) in [5.41, 5.74) is 7.34. The normalized spacial score (nSPS) is 10.8. The van der Waals surface area contributed by atoms with Gasteiger partial charge < -0.3 is 14.9 Å². The molecular weight excluding hydrogens is 302 g/mol. The number of nitrogens with two attached hydrogens (primary N) is 1. The number of rotatable bonds is 4. The second-order valence-electron chi connectivity index (χ2n) is 4.75. The molecule has 2 N–H and O–H groups in total. The Morgan fingerprint density at radius 2 is 2.05 bits per heavy atom. The molecule has 0 aliphatic rings. The van der Waals surface area contributed by atoms with Gasteiger partial charge in [0.2, 0.25) is 5.78 Å². The van der Waals surface area contributed by atoms with Crippen molar-refractivity contribution < 1.29 is 13.9 Å². The van der Waals surface area contributed by atoms with E-state index in [-0.39, 0.29) is 11.5 Å². The summed E-state index contributed by atoms with van der Waals surface area (Å²) in [6.45, 7) is 2.37. The summed E-state index contributed by atoms with van der Waals surface area (Å²) >= 11 is 6.12. The zero-order chi connectivity index (χ0) is 15.7. The van der Waals surface area contributed by atoms with E-state index in [1.165, 1.54) is 0 Å².